The van der Waals surface area contributed by atoms with Crippen molar-refractivity contribution in [1.29, 1.82) is 0 Å². The number of aromatic nitrogens is 2. The fourth-order valence-corrected chi connectivity index (χ4v) is 5.44. The van der Waals surface area contributed by atoms with Crippen LogP contribution >= 0.6 is 0 Å². The Kier molecular flexibility index (Phi) is 5.47. The van der Waals surface area contributed by atoms with Crippen LogP contribution in [0.5, 0.6) is 0 Å². The Hall–Kier alpha value is -2.93. The second kappa shape index (κ2) is 8.07. The topological polar surface area (TPSA) is 91.9 Å². The number of benzene rings is 2. The van der Waals surface area contributed by atoms with Crippen LogP contribution in [0.25, 0.3) is 11.3 Å². The average molecular weight is 424 g/mol. The maximum absolute atomic E-state index is 13.2. The van der Waals surface area contributed by atoms with Gasteiger partial charge in [-0.05, 0) is 67.9 Å². The van der Waals surface area contributed by atoms with Crippen molar-refractivity contribution in [2.24, 2.45) is 0 Å². The van der Waals surface area contributed by atoms with Gasteiger partial charge in [0, 0.05) is 11.1 Å². The third kappa shape index (κ3) is 3.77. The highest BCUT2D eigenvalue weighted by Crippen LogP contribution is 2.31. The summed E-state index contributed by atoms with van der Waals surface area (Å²) in [6.07, 6.45) is 4.21. The molecule has 0 saturated carbocycles. The van der Waals surface area contributed by atoms with Crippen LogP contribution in [0.15, 0.2) is 52.2 Å². The Labute approximate surface area is 176 Å². The van der Waals surface area contributed by atoms with Crippen LogP contribution in [-0.4, -0.2) is 18.6 Å². The molecule has 0 bridgehead atoms. The summed E-state index contributed by atoms with van der Waals surface area (Å²) in [5.74, 6) is 0. The van der Waals surface area contributed by atoms with Gasteiger partial charge in [-0.1, -0.05) is 37.3 Å². The summed E-state index contributed by atoms with van der Waals surface area (Å²) in [5.41, 5.74) is 5.09. The summed E-state index contributed by atoms with van der Waals surface area (Å²) in [7, 11) is -3.79. The quantitative estimate of drug-likeness (QED) is 0.649. The molecule has 0 unspecified atom stereocenters. The van der Waals surface area contributed by atoms with E-state index >= 15 is 0 Å². The lowest BCUT2D eigenvalue weighted by Gasteiger charge is -2.18. The summed E-state index contributed by atoms with van der Waals surface area (Å²) in [5, 5.41) is 6.86. The molecule has 1 heterocycles. The molecule has 7 heteroatoms. The van der Waals surface area contributed by atoms with Gasteiger partial charge in [-0.25, -0.2) is 13.5 Å². The van der Waals surface area contributed by atoms with Crippen LogP contribution in [0, 0.1) is 6.92 Å². The molecule has 2 N–H and O–H groups in total. The Morgan fingerprint density at radius 2 is 1.80 bits per heavy atom. The summed E-state index contributed by atoms with van der Waals surface area (Å²) < 4.78 is 29.2. The highest BCUT2D eigenvalue weighted by molar-refractivity contribution is 7.92. The highest BCUT2D eigenvalue weighted by atomic mass is 32.2. The van der Waals surface area contributed by atoms with Crippen molar-refractivity contribution < 1.29 is 8.42 Å². The summed E-state index contributed by atoms with van der Waals surface area (Å²) in [4.78, 5) is 12.4. The van der Waals surface area contributed by atoms with Gasteiger partial charge in [0.05, 0.1) is 16.3 Å². The van der Waals surface area contributed by atoms with Gasteiger partial charge in [0.25, 0.3) is 15.6 Å². The number of para-hydroxylation sites is 1. The first-order valence-corrected chi connectivity index (χ1v) is 11.7. The number of nitrogens with one attached hydrogen (secondary N) is 2. The van der Waals surface area contributed by atoms with Crippen LogP contribution in [0.2, 0.25) is 0 Å². The Balaban J connectivity index is 1.79. The van der Waals surface area contributed by atoms with Gasteiger partial charge in [0.2, 0.25) is 0 Å². The molecular weight excluding hydrogens is 398 g/mol. The Morgan fingerprint density at radius 3 is 2.57 bits per heavy atom. The van der Waals surface area contributed by atoms with Crippen LogP contribution in [0.1, 0.15) is 42.0 Å². The van der Waals surface area contributed by atoms with Crippen molar-refractivity contribution >= 4 is 15.7 Å². The fraction of sp³-hybridized carbons (Fsp3) is 0.304. The van der Waals surface area contributed by atoms with Gasteiger partial charge >= 0.3 is 0 Å². The average Bonchev–Trinajstić information content (AvgIpc) is 2.75. The normalized spacial score (nSPS) is 13.7. The lowest BCUT2D eigenvalue weighted by atomic mass is 9.90. The molecule has 1 aliphatic carbocycles. The molecule has 0 amide bonds. The smallest absolute Gasteiger partial charge is 0.267 e. The van der Waals surface area contributed by atoms with E-state index in [0.717, 1.165) is 48.8 Å². The van der Waals surface area contributed by atoms with Crippen molar-refractivity contribution in [3.63, 3.8) is 0 Å². The van der Waals surface area contributed by atoms with Gasteiger partial charge < -0.3 is 0 Å². The number of anilines is 1. The molecular formula is C23H25N3O3S. The molecule has 1 aliphatic rings. The minimum absolute atomic E-state index is 0.147. The number of rotatable bonds is 5. The minimum atomic E-state index is -3.79. The molecule has 6 nitrogen and oxygen atoms in total. The Morgan fingerprint density at radius 1 is 1.07 bits per heavy atom. The molecule has 0 fully saturated rings. The first-order valence-electron chi connectivity index (χ1n) is 10.2. The zero-order valence-corrected chi connectivity index (χ0v) is 18.0. The molecule has 2 aromatic carbocycles. The first-order chi connectivity index (χ1) is 14.4. The molecule has 3 aromatic rings. The van der Waals surface area contributed by atoms with Crippen LogP contribution in [0.3, 0.4) is 0 Å². The number of sulfonamides is 1. The maximum atomic E-state index is 13.2. The standard InChI is InChI=1S/C23H25N3O3S/c1-3-16-8-4-7-11-20(16)26-30(28,29)21-14-17(13-12-15(21)2)22-18-9-5-6-10-19(18)23(27)25-24-22/h4,7-8,11-14,26H,3,5-6,9-10H2,1-2H3,(H,25,27). The molecule has 156 valence electrons. The number of nitrogens with zero attached hydrogens (tertiary/aromatic N) is 1. The van der Waals surface area contributed by atoms with Gasteiger partial charge in [0.15, 0.2) is 0 Å². The maximum Gasteiger partial charge on any atom is 0.267 e. The zero-order chi connectivity index (χ0) is 21.3. The van der Waals surface area contributed by atoms with Crippen molar-refractivity contribution in [2.45, 2.75) is 50.8 Å². The van der Waals surface area contributed by atoms with E-state index in [1.807, 2.05) is 31.2 Å². The second-order valence-corrected chi connectivity index (χ2v) is 9.31. The molecule has 30 heavy (non-hydrogen) atoms. The summed E-state index contributed by atoms with van der Waals surface area (Å²) >= 11 is 0. The lowest BCUT2D eigenvalue weighted by Crippen LogP contribution is -2.21. The van der Waals surface area contributed by atoms with Gasteiger partial charge in [0.1, 0.15) is 0 Å². The SMILES string of the molecule is CCc1ccccc1NS(=O)(=O)c1cc(-c2n[nH]c(=O)c3c2CCCC3)ccc1C. The summed E-state index contributed by atoms with van der Waals surface area (Å²) in [6.45, 7) is 3.77. The van der Waals surface area contributed by atoms with E-state index in [1.54, 1.807) is 25.1 Å². The molecule has 0 saturated heterocycles. The van der Waals surface area contributed by atoms with Crippen molar-refractivity contribution in [2.75, 3.05) is 4.72 Å². The number of aryl methyl sites for hydroxylation is 2. The third-order valence-electron chi connectivity index (χ3n) is 5.69. The molecule has 0 atom stereocenters. The monoisotopic (exact) mass is 423 g/mol. The molecule has 0 spiro atoms. The lowest BCUT2D eigenvalue weighted by molar-refractivity contribution is 0.600. The van der Waals surface area contributed by atoms with Gasteiger partial charge in [-0.3, -0.25) is 9.52 Å². The third-order valence-corrected chi connectivity index (χ3v) is 7.20. The predicted molar refractivity (Wildman–Crippen MR) is 118 cm³/mol. The van der Waals surface area contributed by atoms with E-state index in [0.29, 0.717) is 22.5 Å². The number of hydrogen-bond donors (Lipinski definition) is 2. The van der Waals surface area contributed by atoms with Crippen molar-refractivity contribution in [1.82, 2.24) is 10.2 Å². The number of hydrogen-bond acceptors (Lipinski definition) is 4. The van der Waals surface area contributed by atoms with E-state index < -0.39 is 10.0 Å². The second-order valence-electron chi connectivity index (χ2n) is 7.66. The Bertz CT molecular complexity index is 1260. The van der Waals surface area contributed by atoms with Crippen molar-refractivity contribution in [3.8, 4) is 11.3 Å². The van der Waals surface area contributed by atoms with Crippen LogP contribution in [0.4, 0.5) is 5.69 Å². The van der Waals surface area contributed by atoms with E-state index in [-0.39, 0.29) is 10.5 Å². The summed E-state index contributed by atoms with van der Waals surface area (Å²) in [6, 6.07) is 12.7. The predicted octanol–water partition coefficient (Wildman–Crippen LogP) is 3.99. The van der Waals surface area contributed by atoms with Gasteiger partial charge in [-0.15, -0.1) is 0 Å². The van der Waals surface area contributed by atoms with E-state index in [1.165, 1.54) is 0 Å². The number of fused-ring (bicyclic) bond motifs is 1. The molecule has 0 radical (unpaired) electrons. The molecule has 4 rings (SSSR count). The minimum Gasteiger partial charge on any atom is -0.279 e. The van der Waals surface area contributed by atoms with E-state index in [2.05, 4.69) is 14.9 Å². The highest BCUT2D eigenvalue weighted by Gasteiger charge is 2.22. The molecule has 1 aromatic heterocycles. The van der Waals surface area contributed by atoms with Crippen molar-refractivity contribution in [3.05, 3.63) is 75.1 Å². The van der Waals surface area contributed by atoms with Gasteiger partial charge in [-0.2, -0.15) is 5.10 Å². The van der Waals surface area contributed by atoms with Crippen LogP contribution in [-0.2, 0) is 29.3 Å². The van der Waals surface area contributed by atoms with Crippen LogP contribution < -0.4 is 10.3 Å². The zero-order valence-electron chi connectivity index (χ0n) is 17.2. The largest absolute Gasteiger partial charge is 0.279 e. The van der Waals surface area contributed by atoms with E-state index in [9.17, 15) is 13.2 Å². The first kappa shape index (κ1) is 20.3. The molecule has 0 aliphatic heterocycles. The number of aromatic amines is 1. The fourth-order valence-electron chi connectivity index (χ4n) is 4.06. The van der Waals surface area contributed by atoms with E-state index in [4.69, 9.17) is 0 Å². The number of H-pyrrole nitrogens is 1.